The van der Waals surface area contributed by atoms with Crippen molar-refractivity contribution in [2.24, 2.45) is 5.92 Å². The molecule has 0 spiro atoms. The second-order valence-electron chi connectivity index (χ2n) is 12.5. The summed E-state index contributed by atoms with van der Waals surface area (Å²) in [5.74, 6) is -3.33. The van der Waals surface area contributed by atoms with Gasteiger partial charge in [-0.15, -0.1) is 0 Å². The van der Waals surface area contributed by atoms with Gasteiger partial charge in [0.25, 0.3) is 5.56 Å². The second-order valence-corrected chi connectivity index (χ2v) is 12.5. The number of amides is 1. The van der Waals surface area contributed by atoms with Gasteiger partial charge in [0.1, 0.15) is 11.9 Å². The molecule has 3 rings (SSSR count). The van der Waals surface area contributed by atoms with E-state index in [0.29, 0.717) is 18.1 Å². The molecule has 2 N–H and O–H groups in total. The van der Waals surface area contributed by atoms with Crippen molar-refractivity contribution < 1.29 is 32.3 Å². The van der Waals surface area contributed by atoms with Gasteiger partial charge in [-0.05, 0) is 99.6 Å². The summed E-state index contributed by atoms with van der Waals surface area (Å²) in [5, 5.41) is 12.4. The van der Waals surface area contributed by atoms with Gasteiger partial charge in [-0.25, -0.2) is 4.39 Å². The van der Waals surface area contributed by atoms with Crippen molar-refractivity contribution in [3.8, 4) is 11.1 Å². The SMILES string of the molecule is CCC(C)C(C(=O)NC(CC(=O)O)c1cc(-c2c(C)cc(C)cc2C)cc(C)c1F)n1cc(CCN(C)C)c(C(F)(F)F)cc1=O. The summed E-state index contributed by atoms with van der Waals surface area (Å²) in [6.45, 7) is 11.1. The minimum atomic E-state index is -4.78. The van der Waals surface area contributed by atoms with Gasteiger partial charge in [0, 0.05) is 24.4 Å². The Labute approximate surface area is 267 Å². The average Bonchev–Trinajstić information content (AvgIpc) is 2.92. The zero-order valence-corrected chi connectivity index (χ0v) is 27.6. The number of nitrogens with zero attached hydrogens (tertiary/aromatic N) is 2. The van der Waals surface area contributed by atoms with Crippen molar-refractivity contribution in [1.82, 2.24) is 14.8 Å². The van der Waals surface area contributed by atoms with Crippen molar-refractivity contribution in [2.75, 3.05) is 20.6 Å². The topological polar surface area (TPSA) is 91.6 Å². The number of likely N-dealkylation sites (N-methyl/N-ethyl adjacent to an activating group) is 1. The van der Waals surface area contributed by atoms with Crippen molar-refractivity contribution >= 4 is 11.9 Å². The van der Waals surface area contributed by atoms with E-state index in [0.717, 1.165) is 33.0 Å². The minimum absolute atomic E-state index is 0.0340. The Morgan fingerprint density at radius 1 is 1.00 bits per heavy atom. The predicted octanol–water partition coefficient (Wildman–Crippen LogP) is 6.93. The molecule has 3 unspecified atom stereocenters. The molecule has 0 aliphatic heterocycles. The van der Waals surface area contributed by atoms with Gasteiger partial charge in [-0.1, -0.05) is 38.0 Å². The summed E-state index contributed by atoms with van der Waals surface area (Å²) in [6.07, 6.45) is -4.04. The molecule has 0 radical (unpaired) electrons. The smallest absolute Gasteiger partial charge is 0.416 e. The number of aryl methyl sites for hydroxylation is 4. The van der Waals surface area contributed by atoms with Crippen LogP contribution in [0.5, 0.6) is 0 Å². The fourth-order valence-corrected chi connectivity index (χ4v) is 6.00. The number of carbonyl (C=O) groups is 2. The molecule has 0 bridgehead atoms. The van der Waals surface area contributed by atoms with Gasteiger partial charge in [-0.3, -0.25) is 14.4 Å². The number of carboxylic acids is 1. The molecule has 3 aromatic rings. The first-order valence-corrected chi connectivity index (χ1v) is 15.2. The Morgan fingerprint density at radius 3 is 2.13 bits per heavy atom. The van der Waals surface area contributed by atoms with Crippen LogP contribution >= 0.6 is 0 Å². The number of hydrogen-bond acceptors (Lipinski definition) is 4. The van der Waals surface area contributed by atoms with Gasteiger partial charge < -0.3 is 19.9 Å². The highest BCUT2D eigenvalue weighted by Gasteiger charge is 2.37. The van der Waals surface area contributed by atoms with E-state index >= 15 is 4.39 Å². The summed E-state index contributed by atoms with van der Waals surface area (Å²) >= 11 is 0. The number of hydrogen-bond donors (Lipinski definition) is 2. The van der Waals surface area contributed by atoms with Crippen LogP contribution in [0.3, 0.4) is 0 Å². The molecule has 7 nitrogen and oxygen atoms in total. The van der Waals surface area contributed by atoms with E-state index in [1.165, 1.54) is 6.07 Å². The Kier molecular flexibility index (Phi) is 11.6. The highest BCUT2D eigenvalue weighted by Crippen LogP contribution is 2.35. The van der Waals surface area contributed by atoms with E-state index < -0.39 is 59.4 Å². The second kappa shape index (κ2) is 14.6. The molecular weight excluding hydrogens is 602 g/mol. The molecule has 1 heterocycles. The van der Waals surface area contributed by atoms with E-state index in [2.05, 4.69) is 5.32 Å². The molecule has 0 fully saturated rings. The molecular formula is C35H43F4N3O4. The number of alkyl halides is 3. The monoisotopic (exact) mass is 645 g/mol. The molecule has 1 amide bonds. The van der Waals surface area contributed by atoms with Crippen LogP contribution in [-0.2, 0) is 22.2 Å². The Hall–Kier alpha value is -3.99. The number of aliphatic carboxylic acids is 1. The molecule has 0 aliphatic carbocycles. The fourth-order valence-electron chi connectivity index (χ4n) is 6.00. The van der Waals surface area contributed by atoms with Crippen LogP contribution in [0.1, 0.15) is 77.7 Å². The van der Waals surface area contributed by atoms with Crippen molar-refractivity contribution in [3.05, 3.63) is 91.6 Å². The maximum absolute atomic E-state index is 15.8. The quantitative estimate of drug-likeness (QED) is 0.209. The first kappa shape index (κ1) is 36.5. The molecule has 0 saturated heterocycles. The zero-order chi connectivity index (χ0) is 34.7. The number of pyridine rings is 1. The number of nitrogens with one attached hydrogen (secondary N) is 1. The van der Waals surface area contributed by atoms with Crippen molar-refractivity contribution in [3.63, 3.8) is 0 Å². The third kappa shape index (κ3) is 8.43. The van der Waals surface area contributed by atoms with E-state index in [-0.39, 0.29) is 29.7 Å². The van der Waals surface area contributed by atoms with Gasteiger partial charge in [0.15, 0.2) is 0 Å². The van der Waals surface area contributed by atoms with Gasteiger partial charge in [0.05, 0.1) is 18.0 Å². The molecule has 3 atom stereocenters. The molecule has 11 heteroatoms. The first-order valence-electron chi connectivity index (χ1n) is 15.2. The van der Waals surface area contributed by atoms with Crippen molar-refractivity contribution in [2.45, 2.75) is 79.1 Å². The fraction of sp³-hybridized carbons (Fsp3) is 0.457. The average molecular weight is 646 g/mol. The highest BCUT2D eigenvalue weighted by atomic mass is 19.4. The summed E-state index contributed by atoms with van der Waals surface area (Å²) in [6, 6.07) is 5.06. The molecule has 0 saturated carbocycles. The Bertz CT molecular complexity index is 1640. The van der Waals surface area contributed by atoms with E-state index in [4.69, 9.17) is 0 Å². The lowest BCUT2D eigenvalue weighted by molar-refractivity contribution is -0.139. The third-order valence-corrected chi connectivity index (χ3v) is 8.37. The van der Waals surface area contributed by atoms with Crippen LogP contribution in [-0.4, -0.2) is 47.1 Å². The number of carbonyl (C=O) groups excluding carboxylic acids is 1. The molecule has 46 heavy (non-hydrogen) atoms. The lowest BCUT2D eigenvalue weighted by Crippen LogP contribution is -2.42. The summed E-state index contributed by atoms with van der Waals surface area (Å²) in [5.41, 5.74) is 2.40. The molecule has 1 aromatic heterocycles. The normalized spacial score (nSPS) is 13.8. The molecule has 250 valence electrons. The van der Waals surface area contributed by atoms with E-state index in [1.54, 1.807) is 45.8 Å². The molecule has 2 aromatic carbocycles. The van der Waals surface area contributed by atoms with Crippen LogP contribution in [0.15, 0.2) is 41.3 Å². The number of halogens is 4. The lowest BCUT2D eigenvalue weighted by Gasteiger charge is -2.29. The summed E-state index contributed by atoms with van der Waals surface area (Å²) < 4.78 is 58.5. The predicted molar refractivity (Wildman–Crippen MR) is 170 cm³/mol. The Morgan fingerprint density at radius 2 is 1.61 bits per heavy atom. The third-order valence-electron chi connectivity index (χ3n) is 8.37. The minimum Gasteiger partial charge on any atom is -0.481 e. The standard InChI is InChI=1S/C35H43F4N3O4/c1-9-20(3)33(42-18-24(10-11-41(7)8)27(16-29(42)43)35(37,38)39)34(46)40-28(17-30(44)45)26-15-25(14-23(6)32(26)36)31-21(4)12-19(2)13-22(31)5/h12-16,18,20,28,33H,9-11,17H2,1-8H3,(H,40,46)(H,44,45). The van der Waals surface area contributed by atoms with Gasteiger partial charge in [0.2, 0.25) is 5.91 Å². The first-order chi connectivity index (χ1) is 21.3. The number of aromatic nitrogens is 1. The van der Waals surface area contributed by atoms with E-state index in [9.17, 15) is 32.7 Å². The van der Waals surface area contributed by atoms with Crippen molar-refractivity contribution in [1.29, 1.82) is 0 Å². The van der Waals surface area contributed by atoms with E-state index in [1.807, 2.05) is 32.9 Å². The van der Waals surface area contributed by atoms with Crippen LogP contribution in [0.2, 0.25) is 0 Å². The van der Waals surface area contributed by atoms with Crippen LogP contribution in [0.4, 0.5) is 17.6 Å². The largest absolute Gasteiger partial charge is 0.481 e. The number of benzene rings is 2. The zero-order valence-electron chi connectivity index (χ0n) is 27.6. The van der Waals surface area contributed by atoms with Crippen LogP contribution in [0.25, 0.3) is 11.1 Å². The maximum Gasteiger partial charge on any atom is 0.416 e. The highest BCUT2D eigenvalue weighted by molar-refractivity contribution is 5.82. The Balaban J connectivity index is 2.16. The van der Waals surface area contributed by atoms with Gasteiger partial charge >= 0.3 is 12.1 Å². The summed E-state index contributed by atoms with van der Waals surface area (Å²) in [7, 11) is 3.41. The van der Waals surface area contributed by atoms with Gasteiger partial charge in [-0.2, -0.15) is 13.2 Å². The lowest BCUT2D eigenvalue weighted by atomic mass is 9.89. The maximum atomic E-state index is 15.8. The van der Waals surface area contributed by atoms with Crippen LogP contribution in [0, 0.1) is 39.4 Å². The number of carboxylic acid groups (broad SMARTS) is 1. The molecule has 0 aliphatic rings. The number of rotatable bonds is 12. The van der Waals surface area contributed by atoms with Crippen LogP contribution < -0.4 is 10.9 Å². The summed E-state index contributed by atoms with van der Waals surface area (Å²) in [4.78, 5) is 40.9.